The molecular formula is C18H22BrN5O3S. The molecule has 8 nitrogen and oxygen atoms in total. The molecule has 0 bridgehead atoms. The normalized spacial score (nSPS) is 17.3. The Bertz CT molecular complexity index is 867. The molecule has 1 aliphatic heterocycles. The quantitative estimate of drug-likeness (QED) is 0.717. The van der Waals surface area contributed by atoms with Crippen molar-refractivity contribution in [3.05, 3.63) is 39.0 Å². The second-order valence-corrected chi connectivity index (χ2v) is 9.43. The Hall–Kier alpha value is -2.04. The average Bonchev–Trinajstić information content (AvgIpc) is 3.07. The van der Waals surface area contributed by atoms with Gasteiger partial charge >= 0.3 is 6.09 Å². The van der Waals surface area contributed by atoms with Crippen LogP contribution in [0.5, 0.6) is 0 Å². The lowest BCUT2D eigenvalue weighted by molar-refractivity contribution is 0.0119. The first-order valence-electron chi connectivity index (χ1n) is 8.81. The summed E-state index contributed by atoms with van der Waals surface area (Å²) < 4.78 is 6.20. The molecule has 0 aromatic carbocycles. The van der Waals surface area contributed by atoms with Crippen LogP contribution in [0.3, 0.4) is 0 Å². The zero-order valence-corrected chi connectivity index (χ0v) is 18.3. The van der Waals surface area contributed by atoms with Crippen LogP contribution in [0.15, 0.2) is 27.8 Å². The number of ether oxygens (including phenoxy) is 1. The van der Waals surface area contributed by atoms with Crippen molar-refractivity contribution in [3.8, 4) is 0 Å². The van der Waals surface area contributed by atoms with Crippen molar-refractivity contribution in [2.45, 2.75) is 32.4 Å². The summed E-state index contributed by atoms with van der Waals surface area (Å²) in [6.07, 6.45) is 2.85. The number of nitrogens with zero attached hydrogens (tertiary/aromatic N) is 3. The molecular weight excluding hydrogens is 446 g/mol. The molecule has 0 saturated carbocycles. The number of halogens is 1. The SMILES string of the molecule is CC(C)(C)OC(=O)N1CCNCC1c1ccncc1NC(=O)c1csc(Br)n1. The zero-order chi connectivity index (χ0) is 20.3. The number of amides is 2. The Morgan fingerprint density at radius 3 is 2.89 bits per heavy atom. The number of hydrogen-bond donors (Lipinski definition) is 2. The lowest BCUT2D eigenvalue weighted by Crippen LogP contribution is -2.50. The van der Waals surface area contributed by atoms with Crippen LogP contribution in [0, 0.1) is 0 Å². The lowest BCUT2D eigenvalue weighted by atomic mass is 10.0. The van der Waals surface area contributed by atoms with E-state index in [-0.39, 0.29) is 18.0 Å². The summed E-state index contributed by atoms with van der Waals surface area (Å²) in [6.45, 7) is 7.25. The molecule has 1 atom stereocenters. The van der Waals surface area contributed by atoms with Gasteiger partial charge in [0.1, 0.15) is 11.3 Å². The van der Waals surface area contributed by atoms with Crippen molar-refractivity contribution in [2.75, 3.05) is 25.0 Å². The second-order valence-electron chi connectivity index (χ2n) is 7.30. The largest absolute Gasteiger partial charge is 0.444 e. The molecule has 1 aliphatic rings. The van der Waals surface area contributed by atoms with E-state index < -0.39 is 5.60 Å². The molecule has 2 aromatic rings. The van der Waals surface area contributed by atoms with E-state index in [1.54, 1.807) is 22.7 Å². The maximum atomic E-state index is 12.7. The number of thiazole rings is 1. The highest BCUT2D eigenvalue weighted by Crippen LogP contribution is 2.30. The van der Waals surface area contributed by atoms with E-state index in [0.717, 1.165) is 5.56 Å². The summed E-state index contributed by atoms with van der Waals surface area (Å²) in [6, 6.07) is 1.52. The van der Waals surface area contributed by atoms with E-state index in [4.69, 9.17) is 4.74 Å². The zero-order valence-electron chi connectivity index (χ0n) is 15.9. The molecule has 150 valence electrons. The Labute approximate surface area is 175 Å². The highest BCUT2D eigenvalue weighted by Gasteiger charge is 2.33. The van der Waals surface area contributed by atoms with Crippen molar-refractivity contribution in [2.24, 2.45) is 0 Å². The van der Waals surface area contributed by atoms with E-state index >= 15 is 0 Å². The third-order valence-corrected chi connectivity index (χ3v) is 5.41. The molecule has 0 aliphatic carbocycles. The summed E-state index contributed by atoms with van der Waals surface area (Å²) in [7, 11) is 0. The standard InChI is InChI=1S/C18H22BrN5O3S/c1-18(2,3)27-17(26)24-7-6-21-9-14(24)11-4-5-20-8-12(11)22-15(25)13-10-28-16(19)23-13/h4-5,8,10,14,21H,6-7,9H2,1-3H3,(H,22,25). The number of rotatable bonds is 3. The number of carbonyl (C=O) groups excluding carboxylic acids is 2. The van der Waals surface area contributed by atoms with Gasteiger partial charge in [-0.2, -0.15) is 0 Å². The minimum Gasteiger partial charge on any atom is -0.444 e. The van der Waals surface area contributed by atoms with Crippen LogP contribution in [-0.2, 0) is 4.74 Å². The second kappa shape index (κ2) is 8.54. The van der Waals surface area contributed by atoms with Gasteiger partial charge in [0, 0.05) is 36.8 Å². The van der Waals surface area contributed by atoms with Gasteiger partial charge in [0.25, 0.3) is 5.91 Å². The average molecular weight is 468 g/mol. The highest BCUT2D eigenvalue weighted by atomic mass is 79.9. The van der Waals surface area contributed by atoms with Gasteiger partial charge in [-0.3, -0.25) is 14.7 Å². The van der Waals surface area contributed by atoms with Crippen molar-refractivity contribution in [1.82, 2.24) is 20.2 Å². The fraction of sp³-hybridized carbons (Fsp3) is 0.444. The Morgan fingerprint density at radius 1 is 1.43 bits per heavy atom. The number of hydrogen-bond acceptors (Lipinski definition) is 7. The van der Waals surface area contributed by atoms with E-state index in [2.05, 4.69) is 36.5 Å². The van der Waals surface area contributed by atoms with Gasteiger partial charge < -0.3 is 15.4 Å². The maximum Gasteiger partial charge on any atom is 0.410 e. The van der Waals surface area contributed by atoms with Crippen LogP contribution in [0.1, 0.15) is 42.9 Å². The molecule has 1 saturated heterocycles. The van der Waals surface area contributed by atoms with Crippen molar-refractivity contribution >= 4 is 45.0 Å². The molecule has 3 rings (SSSR count). The van der Waals surface area contributed by atoms with E-state index in [1.165, 1.54) is 11.3 Å². The van der Waals surface area contributed by atoms with Crippen LogP contribution in [0.2, 0.25) is 0 Å². The van der Waals surface area contributed by atoms with Gasteiger partial charge in [0.2, 0.25) is 0 Å². The predicted molar refractivity (Wildman–Crippen MR) is 111 cm³/mol. The molecule has 1 unspecified atom stereocenters. The first-order valence-corrected chi connectivity index (χ1v) is 10.5. The smallest absolute Gasteiger partial charge is 0.410 e. The van der Waals surface area contributed by atoms with Crippen LogP contribution < -0.4 is 10.6 Å². The maximum absolute atomic E-state index is 12.7. The lowest BCUT2D eigenvalue weighted by Gasteiger charge is -2.38. The van der Waals surface area contributed by atoms with E-state index in [0.29, 0.717) is 34.9 Å². The number of nitrogens with one attached hydrogen (secondary N) is 2. The van der Waals surface area contributed by atoms with Gasteiger partial charge in [0.05, 0.1) is 17.9 Å². The molecule has 2 aromatic heterocycles. The third kappa shape index (κ3) is 5.06. The van der Waals surface area contributed by atoms with Gasteiger partial charge in [-0.05, 0) is 42.8 Å². The number of aromatic nitrogens is 2. The van der Waals surface area contributed by atoms with E-state index in [1.807, 2.05) is 26.8 Å². The monoisotopic (exact) mass is 467 g/mol. The van der Waals surface area contributed by atoms with Gasteiger partial charge in [-0.15, -0.1) is 11.3 Å². The van der Waals surface area contributed by atoms with Gasteiger partial charge in [-0.25, -0.2) is 9.78 Å². The minimum absolute atomic E-state index is 0.288. The molecule has 2 N–H and O–H groups in total. The summed E-state index contributed by atoms with van der Waals surface area (Å²) in [5, 5.41) is 7.83. The Morgan fingerprint density at radius 2 is 2.21 bits per heavy atom. The Kier molecular flexibility index (Phi) is 6.31. The van der Waals surface area contributed by atoms with Gasteiger partial charge in [0.15, 0.2) is 3.92 Å². The fourth-order valence-corrected chi connectivity index (χ4v) is 3.86. The van der Waals surface area contributed by atoms with Crippen molar-refractivity contribution < 1.29 is 14.3 Å². The number of piperazine rings is 1. The number of pyridine rings is 1. The highest BCUT2D eigenvalue weighted by molar-refractivity contribution is 9.11. The summed E-state index contributed by atoms with van der Waals surface area (Å²) in [5.74, 6) is -0.330. The molecule has 10 heteroatoms. The summed E-state index contributed by atoms with van der Waals surface area (Å²) in [5.41, 5.74) is 1.06. The summed E-state index contributed by atoms with van der Waals surface area (Å²) in [4.78, 5) is 35.2. The molecule has 0 spiro atoms. The van der Waals surface area contributed by atoms with Gasteiger partial charge in [-0.1, -0.05) is 0 Å². The van der Waals surface area contributed by atoms with Crippen LogP contribution in [0.25, 0.3) is 0 Å². The number of anilines is 1. The first kappa shape index (κ1) is 20.7. The van der Waals surface area contributed by atoms with Crippen LogP contribution in [0.4, 0.5) is 10.5 Å². The van der Waals surface area contributed by atoms with Crippen molar-refractivity contribution in [3.63, 3.8) is 0 Å². The summed E-state index contributed by atoms with van der Waals surface area (Å²) >= 11 is 4.59. The fourth-order valence-electron chi connectivity index (χ4n) is 2.86. The minimum atomic E-state index is -0.584. The van der Waals surface area contributed by atoms with E-state index in [9.17, 15) is 9.59 Å². The molecule has 3 heterocycles. The molecule has 0 radical (unpaired) electrons. The topological polar surface area (TPSA) is 96.5 Å². The molecule has 28 heavy (non-hydrogen) atoms. The predicted octanol–water partition coefficient (Wildman–Crippen LogP) is 3.43. The molecule has 2 amide bonds. The number of carbonyl (C=O) groups is 2. The molecule has 1 fully saturated rings. The van der Waals surface area contributed by atoms with Crippen molar-refractivity contribution in [1.29, 1.82) is 0 Å². The first-order chi connectivity index (χ1) is 13.2. The Balaban J connectivity index is 1.85. The third-order valence-electron chi connectivity index (χ3n) is 4.04. The van der Waals surface area contributed by atoms with Crippen LogP contribution >= 0.6 is 27.3 Å². The van der Waals surface area contributed by atoms with Crippen LogP contribution in [-0.4, -0.2) is 52.1 Å².